The molecule has 0 aliphatic rings. The zero-order valence-electron chi connectivity index (χ0n) is 18.2. The van der Waals surface area contributed by atoms with Gasteiger partial charge in [0.25, 0.3) is 10.0 Å². The molecule has 32 heavy (non-hydrogen) atoms. The Morgan fingerprint density at radius 1 is 0.969 bits per heavy atom. The molecule has 3 aromatic rings. The summed E-state index contributed by atoms with van der Waals surface area (Å²) in [6.45, 7) is 3.40. The number of hydrogen-bond donors (Lipinski definition) is 1. The van der Waals surface area contributed by atoms with E-state index in [0.29, 0.717) is 5.69 Å². The van der Waals surface area contributed by atoms with Crippen molar-refractivity contribution in [2.45, 2.75) is 38.0 Å². The number of amides is 1. The smallest absolute Gasteiger partial charge is 0.264 e. The molecular formula is C25H27FN2O3S. The summed E-state index contributed by atoms with van der Waals surface area (Å²) in [7, 11) is -4.17. The number of para-hydroxylation sites is 1. The van der Waals surface area contributed by atoms with E-state index < -0.39 is 28.3 Å². The van der Waals surface area contributed by atoms with Crippen molar-refractivity contribution in [2.75, 3.05) is 16.2 Å². The fourth-order valence-electron chi connectivity index (χ4n) is 3.26. The molecule has 0 saturated carbocycles. The van der Waals surface area contributed by atoms with Crippen molar-refractivity contribution >= 4 is 27.3 Å². The molecule has 1 amide bonds. The molecule has 168 valence electrons. The summed E-state index contributed by atoms with van der Waals surface area (Å²) in [5.74, 6) is -1.29. The van der Waals surface area contributed by atoms with E-state index in [1.807, 2.05) is 19.1 Å². The van der Waals surface area contributed by atoms with Crippen molar-refractivity contribution < 1.29 is 17.6 Å². The van der Waals surface area contributed by atoms with Crippen LogP contribution in [0.3, 0.4) is 0 Å². The number of benzene rings is 3. The maximum Gasteiger partial charge on any atom is 0.264 e. The van der Waals surface area contributed by atoms with Crippen LogP contribution in [0.2, 0.25) is 0 Å². The Labute approximate surface area is 188 Å². The number of nitrogens with zero attached hydrogens (tertiary/aromatic N) is 1. The minimum Gasteiger partial charge on any atom is -0.325 e. The van der Waals surface area contributed by atoms with E-state index >= 15 is 0 Å². The van der Waals surface area contributed by atoms with Crippen LogP contribution in [0.4, 0.5) is 15.8 Å². The van der Waals surface area contributed by atoms with Gasteiger partial charge in [-0.3, -0.25) is 9.10 Å². The first-order valence-electron chi connectivity index (χ1n) is 10.5. The topological polar surface area (TPSA) is 66.5 Å². The van der Waals surface area contributed by atoms with Crippen molar-refractivity contribution in [3.8, 4) is 0 Å². The van der Waals surface area contributed by atoms with Gasteiger partial charge < -0.3 is 5.32 Å². The third-order valence-corrected chi connectivity index (χ3v) is 6.85. The summed E-state index contributed by atoms with van der Waals surface area (Å²) >= 11 is 0. The lowest BCUT2D eigenvalue weighted by atomic mass is 10.1. The quantitative estimate of drug-likeness (QED) is 0.476. The molecule has 5 nitrogen and oxygen atoms in total. The molecule has 3 rings (SSSR count). The molecule has 0 atom stereocenters. The van der Waals surface area contributed by atoms with E-state index in [1.54, 1.807) is 24.3 Å². The molecule has 0 spiro atoms. The molecule has 0 radical (unpaired) electrons. The average Bonchev–Trinajstić information content (AvgIpc) is 2.78. The van der Waals surface area contributed by atoms with E-state index in [9.17, 15) is 17.6 Å². The number of sulfonamides is 1. The predicted octanol–water partition coefficient (Wildman–Crippen LogP) is 5.31. The first kappa shape index (κ1) is 23.5. The van der Waals surface area contributed by atoms with Gasteiger partial charge in [0.15, 0.2) is 0 Å². The number of halogens is 1. The molecule has 3 aromatic carbocycles. The molecule has 0 fully saturated rings. The SMILES string of the molecule is CCCCc1ccc(NC(=O)CN(c2ccccc2F)S(=O)(=O)c2ccc(C)cc2)cc1. The zero-order chi connectivity index (χ0) is 23.1. The van der Waals surface area contributed by atoms with Gasteiger partial charge in [0.05, 0.1) is 10.6 Å². The minimum absolute atomic E-state index is 0.0144. The van der Waals surface area contributed by atoms with Crippen molar-refractivity contribution in [3.05, 3.63) is 89.7 Å². The Balaban J connectivity index is 1.85. The normalized spacial score (nSPS) is 11.2. The fraction of sp³-hybridized carbons (Fsp3) is 0.240. The van der Waals surface area contributed by atoms with Crippen LogP contribution in [0, 0.1) is 12.7 Å². The lowest BCUT2D eigenvalue weighted by molar-refractivity contribution is -0.114. The molecule has 0 unspecified atom stereocenters. The van der Waals surface area contributed by atoms with Crippen molar-refractivity contribution in [2.24, 2.45) is 0 Å². The number of unbranched alkanes of at least 4 members (excludes halogenated alkanes) is 1. The van der Waals surface area contributed by atoms with E-state index in [1.165, 1.54) is 42.0 Å². The van der Waals surface area contributed by atoms with Crippen molar-refractivity contribution in [1.82, 2.24) is 0 Å². The number of hydrogen-bond acceptors (Lipinski definition) is 3. The highest BCUT2D eigenvalue weighted by Gasteiger charge is 2.29. The average molecular weight is 455 g/mol. The molecule has 0 heterocycles. The van der Waals surface area contributed by atoms with Crippen molar-refractivity contribution in [1.29, 1.82) is 0 Å². The maximum absolute atomic E-state index is 14.5. The molecule has 0 aliphatic carbocycles. The molecule has 0 aromatic heterocycles. The van der Waals surface area contributed by atoms with Gasteiger partial charge in [-0.1, -0.05) is 55.3 Å². The summed E-state index contributed by atoms with van der Waals surface area (Å²) in [5, 5.41) is 2.71. The van der Waals surface area contributed by atoms with Gasteiger partial charge in [0.1, 0.15) is 12.4 Å². The van der Waals surface area contributed by atoms with E-state index in [0.717, 1.165) is 29.1 Å². The Morgan fingerprint density at radius 3 is 2.25 bits per heavy atom. The van der Waals surface area contributed by atoms with Crippen LogP contribution in [-0.2, 0) is 21.2 Å². The lowest BCUT2D eigenvalue weighted by Crippen LogP contribution is -2.38. The maximum atomic E-state index is 14.5. The Bertz CT molecular complexity index is 1160. The largest absolute Gasteiger partial charge is 0.325 e. The Kier molecular flexibility index (Phi) is 7.64. The molecular weight excluding hydrogens is 427 g/mol. The molecule has 0 aliphatic heterocycles. The second-order valence-electron chi connectivity index (χ2n) is 7.62. The first-order chi connectivity index (χ1) is 15.3. The van der Waals surface area contributed by atoms with Crippen LogP contribution in [-0.4, -0.2) is 20.9 Å². The van der Waals surface area contributed by atoms with Gasteiger partial charge in [0, 0.05) is 5.69 Å². The van der Waals surface area contributed by atoms with Crippen LogP contribution < -0.4 is 9.62 Å². The monoisotopic (exact) mass is 454 g/mol. The fourth-order valence-corrected chi connectivity index (χ4v) is 4.69. The second kappa shape index (κ2) is 10.4. The zero-order valence-corrected chi connectivity index (χ0v) is 19.0. The number of nitrogens with one attached hydrogen (secondary N) is 1. The van der Waals surface area contributed by atoms with Gasteiger partial charge >= 0.3 is 0 Å². The Morgan fingerprint density at radius 2 is 1.62 bits per heavy atom. The van der Waals surface area contributed by atoms with Gasteiger partial charge in [-0.25, -0.2) is 12.8 Å². The summed E-state index contributed by atoms with van der Waals surface area (Å²) < 4.78 is 42.0. The number of rotatable bonds is 9. The highest BCUT2D eigenvalue weighted by molar-refractivity contribution is 7.92. The standard InChI is InChI=1S/C25H27FN2O3S/c1-3-4-7-20-12-14-21(15-13-20)27-25(29)18-28(24-9-6-5-8-23(24)26)32(30,31)22-16-10-19(2)11-17-22/h5-6,8-17H,3-4,7,18H2,1-2H3,(H,27,29). The van der Waals surface area contributed by atoms with E-state index in [4.69, 9.17) is 0 Å². The highest BCUT2D eigenvalue weighted by Crippen LogP contribution is 2.26. The van der Waals surface area contributed by atoms with Crippen LogP contribution in [0.1, 0.15) is 30.9 Å². The molecule has 7 heteroatoms. The van der Waals surface area contributed by atoms with Crippen LogP contribution in [0.25, 0.3) is 0 Å². The lowest BCUT2D eigenvalue weighted by Gasteiger charge is -2.24. The Hall–Kier alpha value is -3.19. The van der Waals surface area contributed by atoms with Gasteiger partial charge in [-0.05, 0) is 61.7 Å². The summed E-state index contributed by atoms with van der Waals surface area (Å²) in [6.07, 6.45) is 3.14. The van der Waals surface area contributed by atoms with E-state index in [2.05, 4.69) is 12.2 Å². The number of aryl methyl sites for hydroxylation is 2. The third-order valence-electron chi connectivity index (χ3n) is 5.07. The van der Waals surface area contributed by atoms with E-state index in [-0.39, 0.29) is 10.6 Å². The van der Waals surface area contributed by atoms with Crippen molar-refractivity contribution in [3.63, 3.8) is 0 Å². The highest BCUT2D eigenvalue weighted by atomic mass is 32.2. The van der Waals surface area contributed by atoms with Crippen LogP contribution in [0.15, 0.2) is 77.7 Å². The summed E-state index contributed by atoms with van der Waals surface area (Å²) in [5.41, 5.74) is 2.43. The molecule has 0 bridgehead atoms. The first-order valence-corrected chi connectivity index (χ1v) is 12.0. The molecule has 0 saturated heterocycles. The third kappa shape index (κ3) is 5.73. The van der Waals surface area contributed by atoms with Crippen LogP contribution >= 0.6 is 0 Å². The van der Waals surface area contributed by atoms with Gasteiger partial charge in [-0.2, -0.15) is 0 Å². The summed E-state index contributed by atoms with van der Waals surface area (Å²) in [4.78, 5) is 12.7. The number of carbonyl (C=O) groups excluding carboxylic acids is 1. The second-order valence-corrected chi connectivity index (χ2v) is 9.49. The molecule has 1 N–H and O–H groups in total. The van der Waals surface area contributed by atoms with Crippen LogP contribution in [0.5, 0.6) is 0 Å². The minimum atomic E-state index is -4.17. The van der Waals surface area contributed by atoms with Gasteiger partial charge in [-0.15, -0.1) is 0 Å². The summed E-state index contributed by atoms with van der Waals surface area (Å²) in [6, 6.07) is 19.2. The number of carbonyl (C=O) groups is 1. The number of anilines is 2. The predicted molar refractivity (Wildman–Crippen MR) is 126 cm³/mol. The van der Waals surface area contributed by atoms with Gasteiger partial charge in [0.2, 0.25) is 5.91 Å².